The summed E-state index contributed by atoms with van der Waals surface area (Å²) in [5, 5.41) is 6.33. The van der Waals surface area contributed by atoms with E-state index in [-0.39, 0.29) is 23.6 Å². The van der Waals surface area contributed by atoms with Crippen LogP contribution in [0.4, 0.5) is 4.39 Å². The summed E-state index contributed by atoms with van der Waals surface area (Å²) in [7, 11) is 0. The van der Waals surface area contributed by atoms with Crippen molar-refractivity contribution in [2.75, 3.05) is 0 Å². The molecule has 0 aliphatic heterocycles. The van der Waals surface area contributed by atoms with Crippen LogP contribution in [-0.2, 0) is 6.54 Å². The molecule has 21 heavy (non-hydrogen) atoms. The Hall–Kier alpha value is -2.89. The van der Waals surface area contributed by atoms with Gasteiger partial charge in [-0.05, 0) is 24.3 Å². The molecule has 3 rings (SSSR count). The fourth-order valence-corrected chi connectivity index (χ4v) is 1.85. The van der Waals surface area contributed by atoms with Crippen molar-refractivity contribution in [3.05, 3.63) is 66.1 Å². The van der Waals surface area contributed by atoms with Crippen LogP contribution in [0.15, 0.2) is 57.7 Å². The Morgan fingerprint density at radius 3 is 2.86 bits per heavy atom. The highest BCUT2D eigenvalue weighted by atomic mass is 19.1. The average Bonchev–Trinajstić information content (AvgIpc) is 3.17. The second kappa shape index (κ2) is 5.62. The van der Waals surface area contributed by atoms with Gasteiger partial charge in [-0.25, -0.2) is 4.39 Å². The fraction of sp³-hybridized carbons (Fsp3) is 0.0667. The molecule has 0 spiro atoms. The van der Waals surface area contributed by atoms with Gasteiger partial charge in [0.25, 0.3) is 5.91 Å². The summed E-state index contributed by atoms with van der Waals surface area (Å²) in [5.74, 6) is -0.230. The molecule has 0 fully saturated rings. The normalized spacial score (nSPS) is 10.5. The fourth-order valence-electron chi connectivity index (χ4n) is 1.85. The van der Waals surface area contributed by atoms with Crippen LogP contribution in [0, 0.1) is 5.82 Å². The van der Waals surface area contributed by atoms with Crippen LogP contribution in [0.5, 0.6) is 0 Å². The van der Waals surface area contributed by atoms with Gasteiger partial charge < -0.3 is 14.3 Å². The molecule has 0 saturated heterocycles. The van der Waals surface area contributed by atoms with Crippen molar-refractivity contribution in [3.8, 4) is 11.3 Å². The molecule has 1 N–H and O–H groups in total. The van der Waals surface area contributed by atoms with E-state index in [1.807, 2.05) is 0 Å². The predicted molar refractivity (Wildman–Crippen MR) is 71.8 cm³/mol. The predicted octanol–water partition coefficient (Wildman–Crippen LogP) is 3.00. The molecular formula is C15H11FN2O3. The minimum Gasteiger partial charge on any atom is -0.467 e. The van der Waals surface area contributed by atoms with Crippen LogP contribution >= 0.6 is 0 Å². The molecule has 3 aromatic rings. The highest BCUT2D eigenvalue weighted by Crippen LogP contribution is 2.22. The molecule has 2 heterocycles. The van der Waals surface area contributed by atoms with Crippen molar-refractivity contribution in [2.24, 2.45) is 0 Å². The molecular weight excluding hydrogens is 275 g/mol. The van der Waals surface area contributed by atoms with E-state index >= 15 is 0 Å². The first-order valence-electron chi connectivity index (χ1n) is 6.26. The molecule has 0 bridgehead atoms. The molecule has 0 radical (unpaired) electrons. The number of nitrogens with zero attached hydrogens (tertiary/aromatic N) is 1. The zero-order valence-corrected chi connectivity index (χ0v) is 10.9. The monoisotopic (exact) mass is 286 g/mol. The molecule has 0 aliphatic carbocycles. The number of amides is 1. The van der Waals surface area contributed by atoms with Crippen molar-refractivity contribution < 1.29 is 18.1 Å². The lowest BCUT2D eigenvalue weighted by Crippen LogP contribution is -2.21. The van der Waals surface area contributed by atoms with Crippen molar-refractivity contribution in [2.45, 2.75) is 6.54 Å². The number of hydrogen-bond acceptors (Lipinski definition) is 4. The van der Waals surface area contributed by atoms with Gasteiger partial charge in [-0.15, -0.1) is 0 Å². The van der Waals surface area contributed by atoms with E-state index < -0.39 is 11.7 Å². The van der Waals surface area contributed by atoms with Gasteiger partial charge in [0.05, 0.1) is 12.8 Å². The van der Waals surface area contributed by atoms with E-state index in [9.17, 15) is 9.18 Å². The van der Waals surface area contributed by atoms with Crippen LogP contribution in [0.25, 0.3) is 11.3 Å². The molecule has 0 unspecified atom stereocenters. The molecule has 5 nitrogen and oxygen atoms in total. The molecule has 2 aromatic heterocycles. The van der Waals surface area contributed by atoms with E-state index in [1.54, 1.807) is 30.3 Å². The summed E-state index contributed by atoms with van der Waals surface area (Å²) >= 11 is 0. The number of carbonyl (C=O) groups is 1. The van der Waals surface area contributed by atoms with Crippen molar-refractivity contribution in [1.82, 2.24) is 10.5 Å². The summed E-state index contributed by atoms with van der Waals surface area (Å²) in [6.07, 6.45) is 1.52. The van der Waals surface area contributed by atoms with Gasteiger partial charge in [-0.3, -0.25) is 4.79 Å². The molecule has 106 valence electrons. The number of nitrogens with one attached hydrogen (secondary N) is 1. The first-order valence-corrected chi connectivity index (χ1v) is 6.26. The van der Waals surface area contributed by atoms with Gasteiger partial charge in [0.2, 0.25) is 5.76 Å². The number of aromatic nitrogens is 1. The highest BCUT2D eigenvalue weighted by Gasteiger charge is 2.15. The summed E-state index contributed by atoms with van der Waals surface area (Å²) in [4.78, 5) is 11.9. The third-order valence-corrected chi connectivity index (χ3v) is 2.89. The first-order chi connectivity index (χ1) is 10.2. The number of halogens is 1. The zero-order chi connectivity index (χ0) is 14.7. The van der Waals surface area contributed by atoms with Gasteiger partial charge in [0, 0.05) is 11.6 Å². The zero-order valence-electron chi connectivity index (χ0n) is 10.9. The Bertz CT molecular complexity index is 750. The number of benzene rings is 1. The van der Waals surface area contributed by atoms with Crippen molar-refractivity contribution in [1.29, 1.82) is 0 Å². The quantitative estimate of drug-likeness (QED) is 0.800. The van der Waals surface area contributed by atoms with Crippen molar-refractivity contribution in [3.63, 3.8) is 0 Å². The lowest BCUT2D eigenvalue weighted by atomic mass is 10.1. The van der Waals surface area contributed by atoms with E-state index in [0.29, 0.717) is 5.76 Å². The van der Waals surface area contributed by atoms with Crippen LogP contribution < -0.4 is 5.32 Å². The van der Waals surface area contributed by atoms with Gasteiger partial charge in [0.1, 0.15) is 17.3 Å². The topological polar surface area (TPSA) is 68.3 Å². The molecule has 6 heteroatoms. The summed E-state index contributed by atoms with van der Waals surface area (Å²) in [5.41, 5.74) is 0.558. The lowest BCUT2D eigenvalue weighted by Gasteiger charge is -1.98. The Labute approximate surface area is 119 Å². The summed E-state index contributed by atoms with van der Waals surface area (Å²) in [6, 6.07) is 11.0. The maximum Gasteiger partial charge on any atom is 0.290 e. The lowest BCUT2D eigenvalue weighted by molar-refractivity contribution is 0.0911. The van der Waals surface area contributed by atoms with Crippen LogP contribution in [0.2, 0.25) is 0 Å². The summed E-state index contributed by atoms with van der Waals surface area (Å²) in [6.45, 7) is 0.238. The van der Waals surface area contributed by atoms with Gasteiger partial charge in [0.15, 0.2) is 0 Å². The molecule has 0 aliphatic rings. The van der Waals surface area contributed by atoms with Crippen molar-refractivity contribution >= 4 is 5.91 Å². The third-order valence-electron chi connectivity index (χ3n) is 2.89. The van der Waals surface area contributed by atoms with E-state index in [1.165, 1.54) is 18.4 Å². The minimum atomic E-state index is -0.443. The minimum absolute atomic E-state index is 0.0137. The smallest absolute Gasteiger partial charge is 0.290 e. The third kappa shape index (κ3) is 2.84. The molecule has 0 saturated carbocycles. The summed E-state index contributed by atoms with van der Waals surface area (Å²) < 4.78 is 23.7. The Morgan fingerprint density at radius 2 is 2.10 bits per heavy atom. The number of carbonyl (C=O) groups excluding carboxylic acids is 1. The standard InChI is InChI=1S/C15H11FN2O3/c16-12-6-2-1-5-11(12)13-8-14(21-18-13)15(19)17-9-10-4-3-7-20-10/h1-8H,9H2,(H,17,19). The highest BCUT2D eigenvalue weighted by molar-refractivity contribution is 5.92. The van der Waals surface area contributed by atoms with E-state index in [2.05, 4.69) is 10.5 Å². The number of furan rings is 1. The molecule has 1 amide bonds. The average molecular weight is 286 g/mol. The molecule has 1 aromatic carbocycles. The Balaban J connectivity index is 1.73. The number of hydrogen-bond donors (Lipinski definition) is 1. The van der Waals surface area contributed by atoms with Gasteiger partial charge >= 0.3 is 0 Å². The van der Waals surface area contributed by atoms with Gasteiger partial charge in [-0.1, -0.05) is 17.3 Å². The second-order valence-electron chi connectivity index (χ2n) is 4.32. The Kier molecular flexibility index (Phi) is 3.51. The maximum atomic E-state index is 13.6. The van der Waals surface area contributed by atoms with E-state index in [0.717, 1.165) is 0 Å². The maximum absolute atomic E-state index is 13.6. The number of rotatable bonds is 4. The van der Waals surface area contributed by atoms with E-state index in [4.69, 9.17) is 8.94 Å². The van der Waals surface area contributed by atoms with Crippen LogP contribution in [0.3, 0.4) is 0 Å². The Morgan fingerprint density at radius 1 is 1.24 bits per heavy atom. The van der Waals surface area contributed by atoms with Crippen LogP contribution in [0.1, 0.15) is 16.3 Å². The second-order valence-corrected chi connectivity index (χ2v) is 4.32. The largest absolute Gasteiger partial charge is 0.467 e. The first kappa shape index (κ1) is 13.1. The van der Waals surface area contributed by atoms with Gasteiger partial charge in [-0.2, -0.15) is 0 Å². The van der Waals surface area contributed by atoms with Crippen LogP contribution in [-0.4, -0.2) is 11.1 Å². The molecule has 0 atom stereocenters. The SMILES string of the molecule is O=C(NCc1ccco1)c1cc(-c2ccccc2F)no1.